The Morgan fingerprint density at radius 2 is 1.97 bits per heavy atom. The number of alkyl halides is 3. The van der Waals surface area contributed by atoms with Gasteiger partial charge in [0, 0.05) is 23.6 Å². The van der Waals surface area contributed by atoms with Crippen LogP contribution in [0.1, 0.15) is 5.56 Å². The van der Waals surface area contributed by atoms with Crippen molar-refractivity contribution in [3.8, 4) is 17.1 Å². The van der Waals surface area contributed by atoms with Crippen molar-refractivity contribution >= 4 is 17.5 Å². The number of hydrogen-bond donors (Lipinski definition) is 1. The third-order valence-electron chi connectivity index (χ3n) is 4.19. The highest BCUT2D eigenvalue weighted by atomic mass is 19.4. The van der Waals surface area contributed by atoms with Gasteiger partial charge in [0.1, 0.15) is 6.61 Å². The van der Waals surface area contributed by atoms with Crippen molar-refractivity contribution in [1.29, 1.82) is 0 Å². The molecule has 0 atom stereocenters. The minimum atomic E-state index is -4.47. The molecule has 0 bridgehead atoms. The van der Waals surface area contributed by atoms with Gasteiger partial charge in [0.25, 0.3) is 5.88 Å². The molecule has 7 nitrogen and oxygen atoms in total. The second-order valence-corrected chi connectivity index (χ2v) is 6.13. The minimum absolute atomic E-state index is 0.136. The maximum Gasteiger partial charge on any atom is 0.416 e. The van der Waals surface area contributed by atoms with E-state index in [2.05, 4.69) is 20.3 Å². The molecule has 1 N–H and O–H groups in total. The fourth-order valence-electron chi connectivity index (χ4n) is 2.80. The first-order chi connectivity index (χ1) is 13.9. The van der Waals surface area contributed by atoms with Crippen molar-refractivity contribution in [3.05, 3.63) is 60.6 Å². The van der Waals surface area contributed by atoms with Gasteiger partial charge in [0.15, 0.2) is 0 Å². The Kier molecular flexibility index (Phi) is 4.75. The highest BCUT2D eigenvalue weighted by molar-refractivity contribution is 6.02. The zero-order chi connectivity index (χ0) is 20.4. The topological polar surface area (TPSA) is 80.2 Å². The quantitative estimate of drug-likeness (QED) is 0.702. The van der Waals surface area contributed by atoms with Crippen LogP contribution in [0.4, 0.5) is 29.5 Å². The second kappa shape index (κ2) is 7.38. The zero-order valence-corrected chi connectivity index (χ0v) is 14.8. The molecule has 0 saturated heterocycles. The van der Waals surface area contributed by atoms with E-state index in [1.165, 1.54) is 35.6 Å². The molecule has 0 saturated carbocycles. The van der Waals surface area contributed by atoms with Crippen molar-refractivity contribution in [3.63, 3.8) is 0 Å². The summed E-state index contributed by atoms with van der Waals surface area (Å²) in [5.74, 6) is 0.273. The van der Waals surface area contributed by atoms with Crippen LogP contribution in [0.3, 0.4) is 0 Å². The van der Waals surface area contributed by atoms with Gasteiger partial charge in [-0.15, -0.1) is 0 Å². The molecular weight excluding hydrogens is 387 g/mol. The Hall–Kier alpha value is -3.69. The smallest absolute Gasteiger partial charge is 0.416 e. The van der Waals surface area contributed by atoms with E-state index in [1.807, 2.05) is 0 Å². The number of benzene rings is 1. The standard InChI is InChI=1S/C19H14F3N5O2/c20-19(21,22)13-3-1-2-12(10-13)15-11-24-17-16(26-15)27(8-9-29-17)18(28)25-14-4-6-23-7-5-14/h1-7,10-11H,8-9H2,(H,23,25,28). The number of anilines is 2. The normalized spacial score (nSPS) is 13.4. The molecule has 1 aromatic carbocycles. The van der Waals surface area contributed by atoms with E-state index in [1.54, 1.807) is 12.1 Å². The summed E-state index contributed by atoms with van der Waals surface area (Å²) in [5.41, 5.74) is 0.176. The third-order valence-corrected chi connectivity index (χ3v) is 4.19. The lowest BCUT2D eigenvalue weighted by atomic mass is 10.1. The highest BCUT2D eigenvalue weighted by Crippen LogP contribution is 2.34. The molecule has 2 amide bonds. The lowest BCUT2D eigenvalue weighted by Gasteiger charge is -2.28. The first-order valence-electron chi connectivity index (χ1n) is 8.58. The van der Waals surface area contributed by atoms with E-state index in [9.17, 15) is 18.0 Å². The van der Waals surface area contributed by atoms with Gasteiger partial charge < -0.3 is 10.1 Å². The van der Waals surface area contributed by atoms with Gasteiger partial charge in [-0.1, -0.05) is 12.1 Å². The van der Waals surface area contributed by atoms with Crippen molar-refractivity contribution in [2.24, 2.45) is 0 Å². The van der Waals surface area contributed by atoms with Gasteiger partial charge >= 0.3 is 12.2 Å². The summed E-state index contributed by atoms with van der Waals surface area (Å²) in [4.78, 5) is 26.4. The molecule has 0 unspecified atom stereocenters. The van der Waals surface area contributed by atoms with E-state index < -0.39 is 17.8 Å². The van der Waals surface area contributed by atoms with Gasteiger partial charge in [0.2, 0.25) is 5.82 Å². The predicted octanol–water partition coefficient (Wildman–Crippen LogP) is 3.99. The number of aromatic nitrogens is 3. The SMILES string of the molecule is O=C(Nc1ccncc1)N1CCOc2ncc(-c3cccc(C(F)(F)F)c3)nc21. The summed E-state index contributed by atoms with van der Waals surface area (Å²) in [6, 6.07) is 7.55. The monoisotopic (exact) mass is 401 g/mol. The number of urea groups is 1. The number of ether oxygens (including phenoxy) is 1. The number of amides is 2. The lowest BCUT2D eigenvalue weighted by Crippen LogP contribution is -2.41. The number of fused-ring (bicyclic) bond motifs is 1. The van der Waals surface area contributed by atoms with Gasteiger partial charge in [-0.3, -0.25) is 9.88 Å². The van der Waals surface area contributed by atoms with Crippen LogP contribution in [-0.2, 0) is 6.18 Å². The largest absolute Gasteiger partial charge is 0.473 e. The average molecular weight is 401 g/mol. The summed E-state index contributed by atoms with van der Waals surface area (Å²) >= 11 is 0. The molecule has 0 aliphatic carbocycles. The van der Waals surface area contributed by atoms with Crippen LogP contribution in [-0.4, -0.2) is 34.1 Å². The molecule has 0 radical (unpaired) electrons. The highest BCUT2D eigenvalue weighted by Gasteiger charge is 2.31. The maximum atomic E-state index is 13.0. The van der Waals surface area contributed by atoms with Crippen molar-refractivity contribution in [1.82, 2.24) is 15.0 Å². The van der Waals surface area contributed by atoms with Gasteiger partial charge in [0.05, 0.1) is 24.0 Å². The molecule has 2 aromatic heterocycles. The molecule has 0 fully saturated rings. The van der Waals surface area contributed by atoms with E-state index >= 15 is 0 Å². The number of carbonyl (C=O) groups excluding carboxylic acids is 1. The lowest BCUT2D eigenvalue weighted by molar-refractivity contribution is -0.137. The van der Waals surface area contributed by atoms with Gasteiger partial charge in [-0.05, 0) is 24.3 Å². The molecule has 10 heteroatoms. The van der Waals surface area contributed by atoms with Crippen LogP contribution in [0.15, 0.2) is 55.0 Å². The Morgan fingerprint density at radius 1 is 1.17 bits per heavy atom. The molecule has 3 aromatic rings. The van der Waals surface area contributed by atoms with Crippen LogP contribution >= 0.6 is 0 Å². The zero-order valence-electron chi connectivity index (χ0n) is 14.8. The minimum Gasteiger partial charge on any atom is -0.473 e. The molecule has 29 heavy (non-hydrogen) atoms. The first-order valence-corrected chi connectivity index (χ1v) is 8.58. The van der Waals surface area contributed by atoms with Crippen molar-refractivity contribution < 1.29 is 22.7 Å². The van der Waals surface area contributed by atoms with Crippen LogP contribution in [0.25, 0.3) is 11.3 Å². The number of halogens is 3. The molecule has 1 aliphatic heterocycles. The van der Waals surface area contributed by atoms with Crippen LogP contribution in [0.2, 0.25) is 0 Å². The third kappa shape index (κ3) is 3.96. The van der Waals surface area contributed by atoms with Crippen LogP contribution < -0.4 is 15.0 Å². The molecule has 148 valence electrons. The molecule has 1 aliphatic rings. The van der Waals surface area contributed by atoms with Gasteiger partial charge in [-0.25, -0.2) is 14.8 Å². The van der Waals surface area contributed by atoms with E-state index in [-0.39, 0.29) is 36.1 Å². The summed E-state index contributed by atoms with van der Waals surface area (Å²) in [5, 5.41) is 2.72. The molecule has 3 heterocycles. The fourth-order valence-corrected chi connectivity index (χ4v) is 2.80. The van der Waals surface area contributed by atoms with Gasteiger partial charge in [-0.2, -0.15) is 13.2 Å². The van der Waals surface area contributed by atoms with Crippen molar-refractivity contribution in [2.75, 3.05) is 23.4 Å². The Morgan fingerprint density at radius 3 is 2.72 bits per heavy atom. The maximum absolute atomic E-state index is 13.0. The summed E-state index contributed by atoms with van der Waals surface area (Å²) in [6.07, 6.45) is -0.0847. The number of carbonyl (C=O) groups is 1. The molecular formula is C19H14F3N5O2. The Labute approximate surface area is 163 Å². The Balaban J connectivity index is 1.66. The summed E-state index contributed by atoms with van der Waals surface area (Å²) in [7, 11) is 0. The van der Waals surface area contributed by atoms with Crippen molar-refractivity contribution in [2.45, 2.75) is 6.18 Å². The summed E-state index contributed by atoms with van der Waals surface area (Å²) in [6.45, 7) is 0.430. The number of rotatable bonds is 2. The number of nitrogens with one attached hydrogen (secondary N) is 1. The number of nitrogens with zero attached hydrogens (tertiary/aromatic N) is 4. The number of hydrogen-bond acceptors (Lipinski definition) is 5. The predicted molar refractivity (Wildman–Crippen MR) is 98.6 cm³/mol. The second-order valence-electron chi connectivity index (χ2n) is 6.13. The van der Waals surface area contributed by atoms with Crippen LogP contribution in [0, 0.1) is 0 Å². The first kappa shape index (κ1) is 18.7. The average Bonchev–Trinajstić information content (AvgIpc) is 2.73. The number of pyridine rings is 1. The molecule has 0 spiro atoms. The van der Waals surface area contributed by atoms with Crippen LogP contribution in [0.5, 0.6) is 5.88 Å². The Bertz CT molecular complexity index is 1040. The summed E-state index contributed by atoms with van der Waals surface area (Å²) < 4.78 is 44.5. The molecule has 4 rings (SSSR count). The fraction of sp³-hybridized carbons (Fsp3) is 0.158. The van der Waals surface area contributed by atoms with E-state index in [0.29, 0.717) is 5.69 Å². The van der Waals surface area contributed by atoms with E-state index in [0.717, 1.165) is 12.1 Å². The van der Waals surface area contributed by atoms with E-state index in [4.69, 9.17) is 4.74 Å².